The zero-order valence-electron chi connectivity index (χ0n) is 14.0. The number of carbonyl (C=O) groups is 3. The van der Waals surface area contributed by atoms with Crippen molar-refractivity contribution in [3.63, 3.8) is 0 Å². The van der Waals surface area contributed by atoms with Gasteiger partial charge in [0, 0.05) is 0 Å². The summed E-state index contributed by atoms with van der Waals surface area (Å²) in [6.07, 6.45) is 0. The number of furan rings is 1. The van der Waals surface area contributed by atoms with Gasteiger partial charge in [-0.1, -0.05) is 0 Å². The molecular formula is C15H21NO8. The number of carbonyl (C=O) groups excluding carboxylic acids is 2. The zero-order chi connectivity index (χ0) is 18.5. The van der Waals surface area contributed by atoms with Gasteiger partial charge in [-0.15, -0.1) is 0 Å². The molecule has 0 unspecified atom stereocenters. The third-order valence-electron chi connectivity index (χ3n) is 2.77. The van der Waals surface area contributed by atoms with E-state index < -0.39 is 35.7 Å². The summed E-state index contributed by atoms with van der Waals surface area (Å²) in [5.41, 5.74) is 2.38. The fourth-order valence-electron chi connectivity index (χ4n) is 1.56. The van der Waals surface area contributed by atoms with E-state index in [1.807, 2.05) is 0 Å². The highest BCUT2D eigenvalue weighted by Crippen LogP contribution is 2.16. The van der Waals surface area contributed by atoms with Crippen molar-refractivity contribution in [2.45, 2.75) is 38.5 Å². The zero-order valence-corrected chi connectivity index (χ0v) is 14.0. The molecule has 0 amide bonds. The first kappa shape index (κ1) is 19.7. The molecular weight excluding hydrogens is 322 g/mol. The van der Waals surface area contributed by atoms with Crippen LogP contribution in [0, 0.1) is 0 Å². The summed E-state index contributed by atoms with van der Waals surface area (Å²) in [5, 5.41) is 9.22. The first-order valence-electron chi connectivity index (χ1n) is 7.00. The monoisotopic (exact) mass is 343 g/mol. The smallest absolute Gasteiger partial charge is 0.373 e. The molecule has 0 spiro atoms. The summed E-state index contributed by atoms with van der Waals surface area (Å²) < 4.78 is 19.8. The second-order valence-corrected chi connectivity index (χ2v) is 6.03. The average molecular weight is 343 g/mol. The summed E-state index contributed by atoms with van der Waals surface area (Å²) in [7, 11) is 1.21. The summed E-state index contributed by atoms with van der Waals surface area (Å²) in [5.74, 6) is -3.13. The molecule has 134 valence electrons. The Morgan fingerprint density at radius 2 is 1.88 bits per heavy atom. The Kier molecular flexibility index (Phi) is 6.10. The van der Waals surface area contributed by atoms with Crippen molar-refractivity contribution in [3.8, 4) is 0 Å². The van der Waals surface area contributed by atoms with E-state index in [1.165, 1.54) is 19.2 Å². The number of carboxylic acids is 1. The maximum absolute atomic E-state index is 12.0. The molecule has 0 aliphatic rings. The number of nitrogens with two attached hydrogens (primary N) is 1. The Bertz CT molecular complexity index is 615. The lowest BCUT2D eigenvalue weighted by Gasteiger charge is -2.27. The quantitative estimate of drug-likeness (QED) is 0.541. The van der Waals surface area contributed by atoms with Crippen LogP contribution in [0.2, 0.25) is 0 Å². The fraction of sp³-hybridized carbons (Fsp3) is 0.533. The average Bonchev–Trinajstić information content (AvgIpc) is 2.93. The van der Waals surface area contributed by atoms with Crippen molar-refractivity contribution in [1.29, 1.82) is 0 Å². The van der Waals surface area contributed by atoms with Gasteiger partial charge in [0.15, 0.2) is 0 Å². The number of methoxy groups -OCH3 is 1. The van der Waals surface area contributed by atoms with Crippen LogP contribution in [-0.2, 0) is 30.4 Å². The first-order chi connectivity index (χ1) is 11.0. The number of aliphatic carboxylic acids is 1. The molecule has 1 aromatic rings. The van der Waals surface area contributed by atoms with Crippen molar-refractivity contribution in [2.75, 3.05) is 13.7 Å². The molecule has 0 aromatic carbocycles. The molecule has 0 radical (unpaired) electrons. The predicted molar refractivity (Wildman–Crippen MR) is 80.1 cm³/mol. The highest BCUT2D eigenvalue weighted by molar-refractivity contribution is 6.04. The number of rotatable bonds is 7. The van der Waals surface area contributed by atoms with Crippen LogP contribution in [-0.4, -0.2) is 47.9 Å². The van der Waals surface area contributed by atoms with Crippen molar-refractivity contribution in [1.82, 2.24) is 0 Å². The normalized spacial score (nSPS) is 13.9. The van der Waals surface area contributed by atoms with Gasteiger partial charge in [-0.05, 0) is 32.9 Å². The number of esters is 2. The number of hydrogen-bond acceptors (Lipinski definition) is 8. The Morgan fingerprint density at radius 1 is 1.25 bits per heavy atom. The van der Waals surface area contributed by atoms with Crippen LogP contribution in [0.25, 0.3) is 0 Å². The Hall–Kier alpha value is -2.39. The van der Waals surface area contributed by atoms with Gasteiger partial charge < -0.3 is 29.5 Å². The summed E-state index contributed by atoms with van der Waals surface area (Å²) in [6, 6.07) is 2.84. The van der Waals surface area contributed by atoms with E-state index in [0.29, 0.717) is 0 Å². The lowest BCUT2D eigenvalue weighted by Crippen LogP contribution is -2.60. The highest BCUT2D eigenvalue weighted by Gasteiger charge is 2.46. The van der Waals surface area contributed by atoms with Crippen LogP contribution in [0.3, 0.4) is 0 Å². The minimum Gasteiger partial charge on any atom is -0.479 e. The van der Waals surface area contributed by atoms with E-state index in [-0.39, 0.29) is 18.1 Å². The Morgan fingerprint density at radius 3 is 2.38 bits per heavy atom. The third-order valence-corrected chi connectivity index (χ3v) is 2.77. The lowest BCUT2D eigenvalue weighted by atomic mass is 10.0. The van der Waals surface area contributed by atoms with Gasteiger partial charge >= 0.3 is 17.9 Å². The molecule has 9 nitrogen and oxygen atoms in total. The molecule has 0 fully saturated rings. The SMILES string of the molecule is COC(=O)c1ccc(COC[C@](N)(C(=O)O)C(=O)OC(C)(C)C)o1. The van der Waals surface area contributed by atoms with Crippen LogP contribution >= 0.6 is 0 Å². The third kappa shape index (κ3) is 5.07. The molecule has 0 aliphatic carbocycles. The largest absolute Gasteiger partial charge is 0.479 e. The van der Waals surface area contributed by atoms with Gasteiger partial charge in [-0.2, -0.15) is 0 Å². The van der Waals surface area contributed by atoms with Crippen LogP contribution in [0.15, 0.2) is 16.5 Å². The second-order valence-electron chi connectivity index (χ2n) is 6.03. The molecule has 0 aliphatic heterocycles. The van der Waals surface area contributed by atoms with E-state index in [2.05, 4.69) is 4.74 Å². The number of ether oxygens (including phenoxy) is 3. The maximum Gasteiger partial charge on any atom is 0.373 e. The van der Waals surface area contributed by atoms with E-state index in [9.17, 15) is 19.5 Å². The number of carboxylic acid groups (broad SMARTS) is 1. The van der Waals surface area contributed by atoms with E-state index in [1.54, 1.807) is 20.8 Å². The van der Waals surface area contributed by atoms with Gasteiger partial charge in [0.2, 0.25) is 11.3 Å². The molecule has 1 heterocycles. The molecule has 3 N–H and O–H groups in total. The van der Waals surface area contributed by atoms with E-state index in [0.717, 1.165) is 0 Å². The lowest BCUT2D eigenvalue weighted by molar-refractivity contribution is -0.172. The standard InChI is InChI=1S/C15H21NO8/c1-14(2,3)24-13(20)15(16,12(18)19)8-22-7-9-5-6-10(23-9)11(17)21-4/h5-6H,7-8,16H2,1-4H3,(H,18,19)/t15-/m0/s1. The van der Waals surface area contributed by atoms with Crippen molar-refractivity contribution in [3.05, 3.63) is 23.7 Å². The van der Waals surface area contributed by atoms with Crippen molar-refractivity contribution < 1.29 is 38.1 Å². The Balaban J connectivity index is 2.70. The molecule has 24 heavy (non-hydrogen) atoms. The number of hydrogen-bond donors (Lipinski definition) is 2. The molecule has 0 saturated heterocycles. The highest BCUT2D eigenvalue weighted by atomic mass is 16.6. The molecule has 1 atom stereocenters. The molecule has 0 saturated carbocycles. The van der Waals surface area contributed by atoms with Gasteiger partial charge in [0.25, 0.3) is 0 Å². The molecule has 0 bridgehead atoms. The topological polar surface area (TPSA) is 138 Å². The van der Waals surface area contributed by atoms with Crippen LogP contribution in [0.1, 0.15) is 37.1 Å². The van der Waals surface area contributed by atoms with Crippen molar-refractivity contribution in [2.24, 2.45) is 5.73 Å². The van der Waals surface area contributed by atoms with Crippen LogP contribution < -0.4 is 5.73 Å². The van der Waals surface area contributed by atoms with E-state index in [4.69, 9.17) is 19.6 Å². The van der Waals surface area contributed by atoms with Crippen LogP contribution in [0.5, 0.6) is 0 Å². The minimum absolute atomic E-state index is 0.0273. The molecule has 1 aromatic heterocycles. The van der Waals surface area contributed by atoms with Gasteiger partial charge in [0.1, 0.15) is 18.0 Å². The molecule has 1 rings (SSSR count). The summed E-state index contributed by atoms with van der Waals surface area (Å²) in [4.78, 5) is 34.6. The summed E-state index contributed by atoms with van der Waals surface area (Å²) in [6.45, 7) is 3.94. The van der Waals surface area contributed by atoms with Gasteiger partial charge in [0.05, 0.1) is 13.7 Å². The van der Waals surface area contributed by atoms with Crippen LogP contribution in [0.4, 0.5) is 0 Å². The Labute approximate surface area is 138 Å². The van der Waals surface area contributed by atoms with E-state index >= 15 is 0 Å². The molecule has 9 heteroatoms. The first-order valence-corrected chi connectivity index (χ1v) is 7.00. The maximum atomic E-state index is 12.0. The minimum atomic E-state index is -2.36. The summed E-state index contributed by atoms with van der Waals surface area (Å²) >= 11 is 0. The predicted octanol–water partition coefficient (Wildman–Crippen LogP) is 0.707. The van der Waals surface area contributed by atoms with Crippen molar-refractivity contribution >= 4 is 17.9 Å². The van der Waals surface area contributed by atoms with Gasteiger partial charge in [-0.3, -0.25) is 0 Å². The second kappa shape index (κ2) is 7.45. The fourth-order valence-corrected chi connectivity index (χ4v) is 1.56. The van der Waals surface area contributed by atoms with Gasteiger partial charge in [-0.25, -0.2) is 14.4 Å².